The van der Waals surface area contributed by atoms with E-state index in [1.807, 2.05) is 25.2 Å². The second-order valence-corrected chi connectivity index (χ2v) is 6.98. The number of likely N-dealkylation sites (N-methyl/N-ethyl adjacent to an activating group) is 1. The summed E-state index contributed by atoms with van der Waals surface area (Å²) < 4.78 is 0. The largest absolute Gasteiger partial charge is 0.313 e. The van der Waals surface area contributed by atoms with Crippen LogP contribution in [-0.2, 0) is 11.8 Å². The van der Waals surface area contributed by atoms with E-state index < -0.39 is 0 Å². The molecule has 112 valence electrons. The second-order valence-electron chi connectivity index (χ2n) is 6.55. The molecule has 1 N–H and O–H groups in total. The van der Waals surface area contributed by atoms with Crippen molar-refractivity contribution in [1.29, 1.82) is 0 Å². The summed E-state index contributed by atoms with van der Waals surface area (Å²) in [6.45, 7) is 6.72. The van der Waals surface area contributed by atoms with Gasteiger partial charge in [0.1, 0.15) is 0 Å². The molecule has 0 heterocycles. The third-order valence-electron chi connectivity index (χ3n) is 3.86. The molecule has 1 unspecified atom stereocenters. The molecule has 2 rings (SSSR count). The highest BCUT2D eigenvalue weighted by molar-refractivity contribution is 6.30. The van der Waals surface area contributed by atoms with E-state index >= 15 is 0 Å². The summed E-state index contributed by atoms with van der Waals surface area (Å²) in [6, 6.07) is 17.3. The minimum atomic E-state index is 0.202. The standard InChI is InChI=1S/C19H24ClN/c1-19(2,3)16-10-8-14(9-11-16)12-18(21-4)15-6-5-7-17(20)13-15/h5-11,13,18,21H,12H2,1-4H3. The predicted octanol–water partition coefficient (Wildman–Crippen LogP) is 5.14. The Labute approximate surface area is 133 Å². The highest BCUT2D eigenvalue weighted by Crippen LogP contribution is 2.25. The highest BCUT2D eigenvalue weighted by atomic mass is 35.5. The fraction of sp³-hybridized carbons (Fsp3) is 0.368. The zero-order valence-electron chi connectivity index (χ0n) is 13.3. The van der Waals surface area contributed by atoms with E-state index in [1.54, 1.807) is 0 Å². The van der Waals surface area contributed by atoms with Gasteiger partial charge >= 0.3 is 0 Å². The summed E-state index contributed by atoms with van der Waals surface area (Å²) in [5.41, 5.74) is 4.13. The quantitative estimate of drug-likeness (QED) is 0.824. The van der Waals surface area contributed by atoms with Gasteiger partial charge in [0.15, 0.2) is 0 Å². The van der Waals surface area contributed by atoms with E-state index in [9.17, 15) is 0 Å². The van der Waals surface area contributed by atoms with Crippen LogP contribution in [0.4, 0.5) is 0 Å². The Balaban J connectivity index is 2.15. The monoisotopic (exact) mass is 301 g/mol. The van der Waals surface area contributed by atoms with Crippen LogP contribution in [0.5, 0.6) is 0 Å². The molecule has 21 heavy (non-hydrogen) atoms. The van der Waals surface area contributed by atoms with Gasteiger partial charge in [0.25, 0.3) is 0 Å². The van der Waals surface area contributed by atoms with Crippen molar-refractivity contribution < 1.29 is 0 Å². The third-order valence-corrected chi connectivity index (χ3v) is 4.09. The lowest BCUT2D eigenvalue weighted by Crippen LogP contribution is -2.19. The van der Waals surface area contributed by atoms with Crippen molar-refractivity contribution in [3.63, 3.8) is 0 Å². The second kappa shape index (κ2) is 6.64. The summed E-state index contributed by atoms with van der Waals surface area (Å²) in [6.07, 6.45) is 0.960. The fourth-order valence-electron chi connectivity index (χ4n) is 2.49. The van der Waals surface area contributed by atoms with Crippen LogP contribution in [0.1, 0.15) is 43.5 Å². The van der Waals surface area contributed by atoms with E-state index in [0.29, 0.717) is 0 Å². The first-order valence-electron chi connectivity index (χ1n) is 7.42. The van der Waals surface area contributed by atoms with Crippen LogP contribution < -0.4 is 5.32 Å². The lowest BCUT2D eigenvalue weighted by molar-refractivity contribution is 0.583. The number of hydrogen-bond donors (Lipinski definition) is 1. The van der Waals surface area contributed by atoms with Crippen LogP contribution in [0.25, 0.3) is 0 Å². The third kappa shape index (κ3) is 4.33. The highest BCUT2D eigenvalue weighted by Gasteiger charge is 2.14. The maximum Gasteiger partial charge on any atom is 0.0409 e. The van der Waals surface area contributed by atoms with Crippen molar-refractivity contribution in [2.45, 2.75) is 38.6 Å². The van der Waals surface area contributed by atoms with Crippen LogP contribution >= 0.6 is 11.6 Å². The van der Waals surface area contributed by atoms with Crippen LogP contribution in [0.2, 0.25) is 5.02 Å². The van der Waals surface area contributed by atoms with Crippen molar-refractivity contribution in [1.82, 2.24) is 5.32 Å². The van der Waals surface area contributed by atoms with E-state index in [2.05, 4.69) is 56.4 Å². The first-order valence-corrected chi connectivity index (χ1v) is 7.80. The Kier molecular flexibility index (Phi) is 5.08. The van der Waals surface area contributed by atoms with Crippen molar-refractivity contribution in [3.8, 4) is 0 Å². The zero-order chi connectivity index (χ0) is 15.5. The predicted molar refractivity (Wildman–Crippen MR) is 92.1 cm³/mol. The Bertz CT molecular complexity index is 581. The van der Waals surface area contributed by atoms with Gasteiger partial charge in [-0.25, -0.2) is 0 Å². The van der Waals surface area contributed by atoms with Crippen LogP contribution in [-0.4, -0.2) is 7.05 Å². The molecule has 0 saturated carbocycles. The molecule has 1 atom stereocenters. The summed E-state index contributed by atoms with van der Waals surface area (Å²) >= 11 is 6.09. The molecule has 0 radical (unpaired) electrons. The van der Waals surface area contributed by atoms with Crippen molar-refractivity contribution in [2.75, 3.05) is 7.05 Å². The molecular formula is C19H24ClN. The molecule has 0 amide bonds. The lowest BCUT2D eigenvalue weighted by atomic mass is 9.86. The molecule has 2 aromatic rings. The first-order chi connectivity index (χ1) is 9.90. The Hall–Kier alpha value is -1.31. The number of benzene rings is 2. The minimum absolute atomic E-state index is 0.202. The fourth-order valence-corrected chi connectivity index (χ4v) is 2.69. The van der Waals surface area contributed by atoms with Crippen LogP contribution in [0.15, 0.2) is 48.5 Å². The van der Waals surface area contributed by atoms with Gasteiger partial charge in [-0.3, -0.25) is 0 Å². The van der Waals surface area contributed by atoms with Gasteiger partial charge in [-0.1, -0.05) is 68.8 Å². The Morgan fingerprint density at radius 1 is 1.05 bits per heavy atom. The van der Waals surface area contributed by atoms with Crippen molar-refractivity contribution in [3.05, 3.63) is 70.2 Å². The number of halogens is 1. The van der Waals surface area contributed by atoms with Gasteiger partial charge in [-0.15, -0.1) is 0 Å². The molecule has 2 heteroatoms. The molecule has 0 aliphatic rings. The van der Waals surface area contributed by atoms with Crippen molar-refractivity contribution in [2.24, 2.45) is 0 Å². The number of nitrogens with one attached hydrogen (secondary N) is 1. The molecular weight excluding hydrogens is 278 g/mol. The van der Waals surface area contributed by atoms with E-state index in [0.717, 1.165) is 11.4 Å². The van der Waals surface area contributed by atoms with Crippen LogP contribution in [0.3, 0.4) is 0 Å². The molecule has 0 spiro atoms. The molecule has 0 aliphatic carbocycles. The number of rotatable bonds is 4. The van der Waals surface area contributed by atoms with Crippen molar-refractivity contribution >= 4 is 11.6 Å². The average Bonchev–Trinajstić information content (AvgIpc) is 2.44. The van der Waals surface area contributed by atoms with E-state index in [1.165, 1.54) is 16.7 Å². The zero-order valence-corrected chi connectivity index (χ0v) is 14.0. The Morgan fingerprint density at radius 2 is 1.71 bits per heavy atom. The van der Waals surface area contributed by atoms with Gasteiger partial charge in [0, 0.05) is 11.1 Å². The molecule has 0 aromatic heterocycles. The summed E-state index contributed by atoms with van der Waals surface area (Å²) in [5, 5.41) is 4.17. The average molecular weight is 302 g/mol. The SMILES string of the molecule is CNC(Cc1ccc(C(C)(C)C)cc1)c1cccc(Cl)c1. The summed E-state index contributed by atoms with van der Waals surface area (Å²) in [5.74, 6) is 0. The normalized spacial score (nSPS) is 13.2. The first kappa shape index (κ1) is 16.1. The molecule has 0 bridgehead atoms. The molecule has 0 aliphatic heterocycles. The van der Waals surface area contributed by atoms with Gasteiger partial charge in [0.2, 0.25) is 0 Å². The van der Waals surface area contributed by atoms with Gasteiger partial charge in [-0.05, 0) is 47.7 Å². The van der Waals surface area contributed by atoms with E-state index in [-0.39, 0.29) is 11.5 Å². The smallest absolute Gasteiger partial charge is 0.0409 e. The summed E-state index contributed by atoms with van der Waals surface area (Å²) in [7, 11) is 2.00. The summed E-state index contributed by atoms with van der Waals surface area (Å²) in [4.78, 5) is 0. The van der Waals surface area contributed by atoms with E-state index in [4.69, 9.17) is 11.6 Å². The van der Waals surface area contributed by atoms with Gasteiger partial charge < -0.3 is 5.32 Å². The van der Waals surface area contributed by atoms with Gasteiger partial charge in [0.05, 0.1) is 0 Å². The molecule has 0 fully saturated rings. The maximum atomic E-state index is 6.09. The topological polar surface area (TPSA) is 12.0 Å². The molecule has 2 aromatic carbocycles. The lowest BCUT2D eigenvalue weighted by Gasteiger charge is -2.21. The Morgan fingerprint density at radius 3 is 2.24 bits per heavy atom. The maximum absolute atomic E-state index is 6.09. The van der Waals surface area contributed by atoms with Crippen LogP contribution in [0, 0.1) is 0 Å². The molecule has 1 nitrogen and oxygen atoms in total. The molecule has 0 saturated heterocycles. The van der Waals surface area contributed by atoms with Gasteiger partial charge in [-0.2, -0.15) is 0 Å². The number of hydrogen-bond acceptors (Lipinski definition) is 1. The minimum Gasteiger partial charge on any atom is -0.313 e.